The van der Waals surface area contributed by atoms with Gasteiger partial charge in [-0.15, -0.1) is 0 Å². The molecular formula is C28H22F3N3O5. The number of imide groups is 1. The molecule has 3 aromatic rings. The fraction of sp³-hybridized carbons (Fsp3) is 0.214. The number of rotatable bonds is 6. The van der Waals surface area contributed by atoms with Crippen molar-refractivity contribution in [3.05, 3.63) is 95.1 Å². The lowest BCUT2D eigenvalue weighted by atomic mass is 10.0. The minimum atomic E-state index is -4.85. The highest BCUT2D eigenvalue weighted by molar-refractivity contribution is 6.06. The number of nitrogens with one attached hydrogen (secondary N) is 2. The van der Waals surface area contributed by atoms with E-state index in [2.05, 4.69) is 10.6 Å². The van der Waals surface area contributed by atoms with Crippen LogP contribution in [0.25, 0.3) is 0 Å². The monoisotopic (exact) mass is 537 g/mol. The maximum Gasteiger partial charge on any atom is 0.413 e. The van der Waals surface area contributed by atoms with Crippen LogP contribution in [0.3, 0.4) is 0 Å². The Labute approximate surface area is 220 Å². The zero-order chi connectivity index (χ0) is 27.7. The molecule has 2 atom stereocenters. The summed E-state index contributed by atoms with van der Waals surface area (Å²) >= 11 is 0. The van der Waals surface area contributed by atoms with Crippen molar-refractivity contribution in [2.24, 2.45) is 0 Å². The molecule has 4 amide bonds. The summed E-state index contributed by atoms with van der Waals surface area (Å²) in [6.45, 7) is -0.0159. The highest BCUT2D eigenvalue weighted by Crippen LogP contribution is 2.39. The molecule has 0 saturated carbocycles. The lowest BCUT2D eigenvalue weighted by Crippen LogP contribution is -2.52. The third kappa shape index (κ3) is 5.33. The Kier molecular flexibility index (Phi) is 6.81. The van der Waals surface area contributed by atoms with E-state index in [1.165, 1.54) is 47.4 Å². The van der Waals surface area contributed by atoms with Crippen LogP contribution in [-0.4, -0.2) is 40.7 Å². The normalized spacial score (nSPS) is 17.9. The molecule has 1 unspecified atom stereocenters. The van der Waals surface area contributed by atoms with Crippen molar-refractivity contribution in [1.29, 1.82) is 0 Å². The van der Waals surface area contributed by atoms with E-state index in [0.717, 1.165) is 0 Å². The molecular weight excluding hydrogens is 515 g/mol. The number of amides is 4. The number of nitrogens with zero attached hydrogens (tertiary/aromatic N) is 1. The minimum absolute atomic E-state index is 0.0159. The maximum atomic E-state index is 14.2. The van der Waals surface area contributed by atoms with Crippen molar-refractivity contribution in [2.75, 3.05) is 0 Å². The van der Waals surface area contributed by atoms with Crippen LogP contribution in [-0.2, 0) is 16.1 Å². The zero-order valence-corrected chi connectivity index (χ0v) is 20.3. The smallest absolute Gasteiger partial charge is 0.413 e. The van der Waals surface area contributed by atoms with Gasteiger partial charge in [-0.25, -0.2) is 0 Å². The molecule has 3 aromatic carbocycles. The molecule has 5 rings (SSSR count). The first-order chi connectivity index (χ1) is 18.6. The summed E-state index contributed by atoms with van der Waals surface area (Å²) in [4.78, 5) is 50.9. The molecule has 0 radical (unpaired) electrons. The molecule has 0 spiro atoms. The average Bonchev–Trinajstić information content (AvgIpc) is 3.23. The molecule has 0 bridgehead atoms. The van der Waals surface area contributed by atoms with Gasteiger partial charge in [-0.2, -0.15) is 13.2 Å². The van der Waals surface area contributed by atoms with Crippen LogP contribution in [0.4, 0.5) is 13.2 Å². The Morgan fingerprint density at radius 3 is 2.44 bits per heavy atom. The van der Waals surface area contributed by atoms with E-state index in [4.69, 9.17) is 4.74 Å². The Morgan fingerprint density at radius 1 is 1.00 bits per heavy atom. The van der Waals surface area contributed by atoms with Crippen LogP contribution in [0, 0.1) is 0 Å². The van der Waals surface area contributed by atoms with Gasteiger partial charge in [0, 0.05) is 29.7 Å². The minimum Gasteiger partial charge on any atom is -0.457 e. The Bertz CT molecular complexity index is 1460. The van der Waals surface area contributed by atoms with E-state index in [1.54, 1.807) is 30.3 Å². The Balaban J connectivity index is 1.38. The van der Waals surface area contributed by atoms with Crippen LogP contribution < -0.4 is 15.4 Å². The number of carbonyl (C=O) groups is 4. The highest BCUT2D eigenvalue weighted by atomic mass is 19.4. The number of hydrogen-bond donors (Lipinski definition) is 2. The highest BCUT2D eigenvalue weighted by Gasteiger charge is 2.44. The second-order valence-corrected chi connectivity index (χ2v) is 9.17. The van der Waals surface area contributed by atoms with Crippen molar-refractivity contribution < 1.29 is 37.1 Å². The van der Waals surface area contributed by atoms with Gasteiger partial charge in [0.05, 0.1) is 0 Å². The lowest BCUT2D eigenvalue weighted by Gasteiger charge is -2.29. The quantitative estimate of drug-likeness (QED) is 0.457. The number of halogens is 3. The summed E-state index contributed by atoms with van der Waals surface area (Å²) < 4.78 is 48.3. The first-order valence-electron chi connectivity index (χ1n) is 12.1. The Hall–Kier alpha value is -4.67. The number of fused-ring (bicyclic) bond motifs is 1. The molecule has 11 heteroatoms. The molecule has 2 aliphatic rings. The van der Waals surface area contributed by atoms with Crippen molar-refractivity contribution in [1.82, 2.24) is 15.5 Å². The molecule has 1 fully saturated rings. The fourth-order valence-corrected chi connectivity index (χ4v) is 4.69. The number of alkyl halides is 3. The third-order valence-electron chi connectivity index (χ3n) is 6.59. The number of piperidine rings is 1. The first kappa shape index (κ1) is 26.0. The number of carbonyl (C=O) groups excluding carboxylic acids is 4. The molecule has 39 heavy (non-hydrogen) atoms. The average molecular weight is 537 g/mol. The van der Waals surface area contributed by atoms with Gasteiger partial charge in [0.1, 0.15) is 17.5 Å². The van der Waals surface area contributed by atoms with Gasteiger partial charge in [0.2, 0.25) is 11.8 Å². The molecule has 2 heterocycles. The summed E-state index contributed by atoms with van der Waals surface area (Å²) in [5.74, 6) is -2.19. The molecule has 2 N–H and O–H groups in total. The summed E-state index contributed by atoms with van der Waals surface area (Å²) in [6, 6.07) is 14.6. The van der Waals surface area contributed by atoms with Gasteiger partial charge in [-0.1, -0.05) is 36.4 Å². The van der Waals surface area contributed by atoms with Crippen LogP contribution in [0.1, 0.15) is 50.7 Å². The molecule has 1 saturated heterocycles. The third-order valence-corrected chi connectivity index (χ3v) is 6.59. The summed E-state index contributed by atoms with van der Waals surface area (Å²) in [7, 11) is 0. The topological polar surface area (TPSA) is 105 Å². The van der Waals surface area contributed by atoms with E-state index in [-0.39, 0.29) is 41.8 Å². The van der Waals surface area contributed by atoms with Crippen LogP contribution in [0.5, 0.6) is 11.5 Å². The van der Waals surface area contributed by atoms with Gasteiger partial charge in [-0.3, -0.25) is 24.5 Å². The standard InChI is InChI=1S/C28H22F3N3O5/c29-28(30,31)24(20-8-4-5-9-22(20)39-18-6-2-1-3-7-18)33-25(36)16-10-11-19-17(14-16)15-34(27(19)38)21-12-13-23(35)32-26(21)37/h1-11,14,21,24H,12-13,15H2,(H,33,36)(H,32,35,37)/t21?,24-/m1/s1. The SMILES string of the molecule is O=C1CCC(N2Cc3cc(C(=O)N[C@H](c4ccccc4Oc4ccccc4)C(F)(F)F)ccc3C2=O)C(=O)N1. The van der Waals surface area contributed by atoms with Gasteiger partial charge < -0.3 is 15.0 Å². The molecule has 8 nitrogen and oxygen atoms in total. The predicted octanol–water partition coefficient (Wildman–Crippen LogP) is 4.27. The molecule has 2 aliphatic heterocycles. The van der Waals surface area contributed by atoms with Crippen molar-refractivity contribution in [3.63, 3.8) is 0 Å². The van der Waals surface area contributed by atoms with E-state index in [0.29, 0.717) is 11.3 Å². The number of hydrogen-bond acceptors (Lipinski definition) is 5. The van der Waals surface area contributed by atoms with Crippen LogP contribution in [0.2, 0.25) is 0 Å². The summed E-state index contributed by atoms with van der Waals surface area (Å²) in [5.41, 5.74) is 0.281. The largest absolute Gasteiger partial charge is 0.457 e. The number of ether oxygens (including phenoxy) is 1. The number of para-hydroxylation sites is 2. The van der Waals surface area contributed by atoms with Gasteiger partial charge >= 0.3 is 6.18 Å². The van der Waals surface area contributed by atoms with Crippen LogP contribution >= 0.6 is 0 Å². The van der Waals surface area contributed by atoms with Crippen LogP contribution in [0.15, 0.2) is 72.8 Å². The van der Waals surface area contributed by atoms with Crippen molar-refractivity contribution >= 4 is 23.6 Å². The van der Waals surface area contributed by atoms with Crippen molar-refractivity contribution in [3.8, 4) is 11.5 Å². The lowest BCUT2D eigenvalue weighted by molar-refractivity contribution is -0.155. The molecule has 0 aliphatic carbocycles. The zero-order valence-electron chi connectivity index (χ0n) is 20.3. The fourth-order valence-electron chi connectivity index (χ4n) is 4.69. The predicted molar refractivity (Wildman–Crippen MR) is 132 cm³/mol. The first-order valence-corrected chi connectivity index (χ1v) is 12.1. The van der Waals surface area contributed by atoms with Gasteiger partial charge in [0.25, 0.3) is 11.8 Å². The van der Waals surface area contributed by atoms with Gasteiger partial charge in [-0.05, 0) is 48.4 Å². The number of benzene rings is 3. The summed E-state index contributed by atoms with van der Waals surface area (Å²) in [6.07, 6.45) is -4.60. The van der Waals surface area contributed by atoms with E-state index < -0.39 is 41.9 Å². The van der Waals surface area contributed by atoms with E-state index in [9.17, 15) is 32.3 Å². The Morgan fingerprint density at radius 2 is 1.72 bits per heavy atom. The van der Waals surface area contributed by atoms with E-state index >= 15 is 0 Å². The summed E-state index contributed by atoms with van der Waals surface area (Å²) in [5, 5.41) is 4.26. The molecule has 0 aromatic heterocycles. The van der Waals surface area contributed by atoms with Gasteiger partial charge in [0.15, 0.2) is 6.04 Å². The molecule has 200 valence electrons. The maximum absolute atomic E-state index is 14.2. The second-order valence-electron chi connectivity index (χ2n) is 9.17. The second kappa shape index (κ2) is 10.2. The van der Waals surface area contributed by atoms with Crippen molar-refractivity contribution in [2.45, 2.75) is 37.6 Å². The van der Waals surface area contributed by atoms with E-state index in [1.807, 2.05) is 0 Å².